The van der Waals surface area contributed by atoms with Gasteiger partial charge in [-0.05, 0) is 29.6 Å². The van der Waals surface area contributed by atoms with E-state index in [0.717, 1.165) is 27.0 Å². The van der Waals surface area contributed by atoms with Gasteiger partial charge in [0, 0.05) is 20.8 Å². The highest BCUT2D eigenvalue weighted by Gasteiger charge is 2.10. The number of anilines is 1. The quantitative estimate of drug-likeness (QED) is 0.386. The van der Waals surface area contributed by atoms with Gasteiger partial charge in [0.2, 0.25) is 5.95 Å². The van der Waals surface area contributed by atoms with Crippen molar-refractivity contribution in [2.24, 2.45) is 5.10 Å². The summed E-state index contributed by atoms with van der Waals surface area (Å²) in [5.74, 6) is 0.432. The van der Waals surface area contributed by atoms with Crippen molar-refractivity contribution in [3.05, 3.63) is 75.9 Å². The molecule has 2 aromatic heterocycles. The molecule has 2 heterocycles. The SMILES string of the molecule is Clc1ccc2c(-c3ccccc3)nc(N/N=C/c3cccs3)nc2c1. The molecule has 0 unspecified atom stereocenters. The van der Waals surface area contributed by atoms with Crippen LogP contribution in [0, 0.1) is 0 Å². The van der Waals surface area contributed by atoms with Crippen LogP contribution in [0.4, 0.5) is 5.95 Å². The minimum atomic E-state index is 0.432. The molecule has 0 aliphatic carbocycles. The van der Waals surface area contributed by atoms with E-state index in [4.69, 9.17) is 11.6 Å². The number of thiophene rings is 1. The van der Waals surface area contributed by atoms with E-state index in [1.807, 2.05) is 66.0 Å². The summed E-state index contributed by atoms with van der Waals surface area (Å²) >= 11 is 7.75. The van der Waals surface area contributed by atoms with Crippen molar-refractivity contribution in [3.63, 3.8) is 0 Å². The molecule has 6 heteroatoms. The number of halogens is 1. The highest BCUT2D eigenvalue weighted by atomic mass is 35.5. The number of hydrazone groups is 1. The summed E-state index contributed by atoms with van der Waals surface area (Å²) in [6.07, 6.45) is 1.75. The summed E-state index contributed by atoms with van der Waals surface area (Å²) in [6.45, 7) is 0. The molecule has 4 nitrogen and oxygen atoms in total. The lowest BCUT2D eigenvalue weighted by atomic mass is 10.1. The maximum absolute atomic E-state index is 6.13. The average molecular weight is 365 g/mol. The molecule has 4 rings (SSSR count). The first-order valence-corrected chi connectivity index (χ1v) is 8.91. The molecule has 0 radical (unpaired) electrons. The van der Waals surface area contributed by atoms with Crippen molar-refractivity contribution >= 4 is 46.0 Å². The minimum Gasteiger partial charge on any atom is -0.245 e. The van der Waals surface area contributed by atoms with E-state index in [2.05, 4.69) is 20.5 Å². The zero-order valence-electron chi connectivity index (χ0n) is 13.1. The van der Waals surface area contributed by atoms with Crippen molar-refractivity contribution in [1.29, 1.82) is 0 Å². The summed E-state index contributed by atoms with van der Waals surface area (Å²) in [5.41, 5.74) is 5.55. The van der Waals surface area contributed by atoms with Gasteiger partial charge in [-0.25, -0.2) is 15.4 Å². The summed E-state index contributed by atoms with van der Waals surface area (Å²) in [5, 5.41) is 7.81. The van der Waals surface area contributed by atoms with Crippen molar-refractivity contribution < 1.29 is 0 Å². The van der Waals surface area contributed by atoms with E-state index in [1.165, 1.54) is 0 Å². The van der Waals surface area contributed by atoms with Gasteiger partial charge in [0.1, 0.15) is 0 Å². The van der Waals surface area contributed by atoms with Gasteiger partial charge in [-0.3, -0.25) is 0 Å². The predicted octanol–water partition coefficient (Wildman–Crippen LogP) is 5.46. The Bertz CT molecular complexity index is 1030. The molecule has 0 spiro atoms. The highest BCUT2D eigenvalue weighted by molar-refractivity contribution is 7.11. The molecule has 0 amide bonds. The van der Waals surface area contributed by atoms with Crippen LogP contribution >= 0.6 is 22.9 Å². The first kappa shape index (κ1) is 15.7. The molecule has 4 aromatic rings. The molecule has 0 bridgehead atoms. The number of hydrogen-bond acceptors (Lipinski definition) is 5. The standard InChI is InChI=1S/C19H13ClN4S/c20-14-8-9-16-17(11-14)22-19(24-21-12-15-7-4-10-25-15)23-18(16)13-5-2-1-3-6-13/h1-12H,(H,22,23,24)/b21-12+. The van der Waals surface area contributed by atoms with Gasteiger partial charge in [0.05, 0.1) is 17.4 Å². The van der Waals surface area contributed by atoms with E-state index in [1.54, 1.807) is 17.6 Å². The maximum Gasteiger partial charge on any atom is 0.244 e. The van der Waals surface area contributed by atoms with Crippen LogP contribution in [0.15, 0.2) is 71.1 Å². The summed E-state index contributed by atoms with van der Waals surface area (Å²) in [6, 6.07) is 19.6. The first-order chi connectivity index (χ1) is 12.3. The second kappa shape index (κ2) is 7.01. The minimum absolute atomic E-state index is 0.432. The largest absolute Gasteiger partial charge is 0.245 e. The van der Waals surface area contributed by atoms with Gasteiger partial charge in [-0.2, -0.15) is 5.10 Å². The second-order valence-corrected chi connectivity index (χ2v) is 6.72. The number of hydrogen-bond donors (Lipinski definition) is 1. The van der Waals surface area contributed by atoms with E-state index in [9.17, 15) is 0 Å². The van der Waals surface area contributed by atoms with Crippen LogP contribution in [-0.2, 0) is 0 Å². The molecular weight excluding hydrogens is 352 g/mol. The smallest absolute Gasteiger partial charge is 0.244 e. The third-order valence-corrected chi connectivity index (χ3v) is 4.65. The molecule has 25 heavy (non-hydrogen) atoms. The topological polar surface area (TPSA) is 50.2 Å². The Labute approximate surface area is 153 Å². The maximum atomic E-state index is 6.13. The van der Waals surface area contributed by atoms with Gasteiger partial charge >= 0.3 is 0 Å². The Morgan fingerprint density at radius 3 is 2.68 bits per heavy atom. The monoisotopic (exact) mass is 364 g/mol. The second-order valence-electron chi connectivity index (χ2n) is 5.31. The molecule has 0 aliphatic rings. The third-order valence-electron chi connectivity index (χ3n) is 3.61. The van der Waals surface area contributed by atoms with E-state index < -0.39 is 0 Å². The molecule has 0 atom stereocenters. The van der Waals surface area contributed by atoms with Crippen LogP contribution in [-0.4, -0.2) is 16.2 Å². The van der Waals surface area contributed by atoms with Crippen LogP contribution in [0.3, 0.4) is 0 Å². The molecule has 1 N–H and O–H groups in total. The zero-order valence-corrected chi connectivity index (χ0v) is 14.6. The van der Waals surface area contributed by atoms with Crippen LogP contribution in [0.25, 0.3) is 22.2 Å². The Morgan fingerprint density at radius 2 is 1.88 bits per heavy atom. The van der Waals surface area contributed by atoms with Crippen molar-refractivity contribution in [2.75, 3.05) is 5.43 Å². The average Bonchev–Trinajstić information content (AvgIpc) is 3.15. The van der Waals surface area contributed by atoms with E-state index in [0.29, 0.717) is 11.0 Å². The zero-order chi connectivity index (χ0) is 17.1. The summed E-state index contributed by atoms with van der Waals surface area (Å²) in [4.78, 5) is 10.2. The molecule has 0 fully saturated rings. The van der Waals surface area contributed by atoms with Crippen molar-refractivity contribution in [3.8, 4) is 11.3 Å². The van der Waals surface area contributed by atoms with Crippen LogP contribution in [0.1, 0.15) is 4.88 Å². The number of rotatable bonds is 4. The molecule has 2 aromatic carbocycles. The third kappa shape index (κ3) is 3.52. The molecule has 122 valence electrons. The fourth-order valence-corrected chi connectivity index (χ4v) is 3.24. The first-order valence-electron chi connectivity index (χ1n) is 7.65. The fourth-order valence-electron chi connectivity index (χ4n) is 2.49. The number of nitrogens with one attached hydrogen (secondary N) is 1. The molecule has 0 saturated heterocycles. The van der Waals surface area contributed by atoms with E-state index in [-0.39, 0.29) is 0 Å². The van der Waals surface area contributed by atoms with Crippen molar-refractivity contribution in [1.82, 2.24) is 9.97 Å². The van der Waals surface area contributed by atoms with Crippen LogP contribution < -0.4 is 5.43 Å². The lowest BCUT2D eigenvalue weighted by Crippen LogP contribution is -1.99. The number of fused-ring (bicyclic) bond motifs is 1. The Balaban J connectivity index is 1.77. The predicted molar refractivity (Wildman–Crippen MR) is 106 cm³/mol. The lowest BCUT2D eigenvalue weighted by molar-refractivity contribution is 1.16. The van der Waals surface area contributed by atoms with Crippen LogP contribution in [0.5, 0.6) is 0 Å². The lowest BCUT2D eigenvalue weighted by Gasteiger charge is -2.08. The summed E-state index contributed by atoms with van der Waals surface area (Å²) < 4.78 is 0. The Kier molecular flexibility index (Phi) is 4.41. The summed E-state index contributed by atoms with van der Waals surface area (Å²) in [7, 11) is 0. The van der Waals surface area contributed by atoms with Crippen LogP contribution in [0.2, 0.25) is 5.02 Å². The Hall–Kier alpha value is -2.76. The normalized spacial score (nSPS) is 11.2. The molecule has 0 aliphatic heterocycles. The van der Waals surface area contributed by atoms with Gasteiger partial charge in [0.25, 0.3) is 0 Å². The number of aromatic nitrogens is 2. The molecular formula is C19H13ClN4S. The van der Waals surface area contributed by atoms with E-state index >= 15 is 0 Å². The van der Waals surface area contributed by atoms with Crippen molar-refractivity contribution in [2.45, 2.75) is 0 Å². The fraction of sp³-hybridized carbons (Fsp3) is 0. The van der Waals surface area contributed by atoms with Gasteiger partial charge < -0.3 is 0 Å². The van der Waals surface area contributed by atoms with Gasteiger partial charge in [0.15, 0.2) is 0 Å². The van der Waals surface area contributed by atoms with Gasteiger partial charge in [-0.1, -0.05) is 48.0 Å². The van der Waals surface area contributed by atoms with Gasteiger partial charge in [-0.15, -0.1) is 11.3 Å². The number of nitrogens with zero attached hydrogens (tertiary/aromatic N) is 3. The Morgan fingerprint density at radius 1 is 1.00 bits per heavy atom. The molecule has 0 saturated carbocycles. The number of benzene rings is 2. The highest BCUT2D eigenvalue weighted by Crippen LogP contribution is 2.28.